The fraction of sp³-hybridized carbons (Fsp3) is 0.0588. The number of rotatable bonds is 2. The van der Waals surface area contributed by atoms with Crippen LogP contribution < -0.4 is 0 Å². The smallest absolute Gasteiger partial charge is 0.339 e. The Bertz CT molecular complexity index is 994. The summed E-state index contributed by atoms with van der Waals surface area (Å²) in [5.41, 5.74) is 3.41. The van der Waals surface area contributed by atoms with Gasteiger partial charge in [-0.05, 0) is 37.3 Å². The lowest BCUT2D eigenvalue weighted by Gasteiger charge is -1.97. The van der Waals surface area contributed by atoms with Crippen LogP contribution in [0, 0.1) is 6.92 Å². The van der Waals surface area contributed by atoms with E-state index < -0.39 is 5.97 Å². The average Bonchev–Trinajstić information content (AvgIpc) is 3.05. The second-order valence-corrected chi connectivity index (χ2v) is 5.15. The molecule has 0 aliphatic rings. The predicted molar refractivity (Wildman–Crippen MR) is 83.0 cm³/mol. The number of nitrogens with zero attached hydrogens (tertiary/aromatic N) is 1. The molecule has 0 unspecified atom stereocenters. The molecule has 108 valence electrons. The first kappa shape index (κ1) is 12.6. The van der Waals surface area contributed by atoms with Crippen LogP contribution in [-0.2, 0) is 0 Å². The monoisotopic (exact) mass is 292 g/mol. The van der Waals surface area contributed by atoms with E-state index in [1.807, 2.05) is 30.3 Å². The van der Waals surface area contributed by atoms with E-state index in [0.29, 0.717) is 22.6 Å². The van der Waals surface area contributed by atoms with Crippen molar-refractivity contribution in [2.24, 2.45) is 0 Å². The van der Waals surface area contributed by atoms with Gasteiger partial charge in [0.15, 0.2) is 0 Å². The van der Waals surface area contributed by atoms with Gasteiger partial charge in [-0.25, -0.2) is 9.78 Å². The SMILES string of the molecule is Cc1oc2ccc(-c3nc4ccccc4[nH]3)cc2c1C(=O)O. The molecule has 0 saturated heterocycles. The van der Waals surface area contributed by atoms with Gasteiger partial charge >= 0.3 is 5.97 Å². The molecule has 4 aromatic rings. The van der Waals surface area contributed by atoms with E-state index in [1.165, 1.54) is 0 Å². The summed E-state index contributed by atoms with van der Waals surface area (Å²) in [6.45, 7) is 1.66. The van der Waals surface area contributed by atoms with Crippen molar-refractivity contribution in [3.05, 3.63) is 53.8 Å². The fourth-order valence-electron chi connectivity index (χ4n) is 2.72. The molecule has 0 amide bonds. The predicted octanol–water partition coefficient (Wildman–Crippen LogP) is 3.98. The number of aromatic nitrogens is 2. The van der Waals surface area contributed by atoms with Crippen molar-refractivity contribution >= 4 is 28.0 Å². The molecular weight excluding hydrogens is 280 g/mol. The van der Waals surface area contributed by atoms with Gasteiger partial charge in [0.05, 0.1) is 11.0 Å². The Morgan fingerprint density at radius 2 is 2.05 bits per heavy atom. The maximum absolute atomic E-state index is 11.4. The van der Waals surface area contributed by atoms with Crippen LogP contribution in [-0.4, -0.2) is 21.0 Å². The number of nitrogens with one attached hydrogen (secondary N) is 1. The van der Waals surface area contributed by atoms with Gasteiger partial charge in [-0.15, -0.1) is 0 Å². The van der Waals surface area contributed by atoms with Crippen LogP contribution in [0.25, 0.3) is 33.4 Å². The molecule has 2 aromatic heterocycles. The molecule has 5 nitrogen and oxygen atoms in total. The van der Waals surface area contributed by atoms with Gasteiger partial charge in [-0.3, -0.25) is 0 Å². The zero-order valence-corrected chi connectivity index (χ0v) is 11.8. The van der Waals surface area contributed by atoms with Crippen molar-refractivity contribution in [2.75, 3.05) is 0 Å². The van der Waals surface area contributed by atoms with E-state index in [0.717, 1.165) is 16.6 Å². The lowest BCUT2D eigenvalue weighted by atomic mass is 10.1. The Hall–Kier alpha value is -3.08. The van der Waals surface area contributed by atoms with Crippen LogP contribution in [0.2, 0.25) is 0 Å². The lowest BCUT2D eigenvalue weighted by Crippen LogP contribution is -1.96. The van der Waals surface area contributed by atoms with Crippen LogP contribution in [0.4, 0.5) is 0 Å². The molecule has 0 radical (unpaired) electrons. The van der Waals surface area contributed by atoms with Crippen LogP contribution in [0.15, 0.2) is 46.9 Å². The van der Waals surface area contributed by atoms with Gasteiger partial charge in [0.25, 0.3) is 0 Å². The van der Waals surface area contributed by atoms with Gasteiger partial charge < -0.3 is 14.5 Å². The number of aromatic carboxylic acids is 1. The number of H-pyrrole nitrogens is 1. The highest BCUT2D eigenvalue weighted by Gasteiger charge is 2.18. The Balaban J connectivity index is 1.95. The summed E-state index contributed by atoms with van der Waals surface area (Å²) in [6, 6.07) is 13.2. The highest BCUT2D eigenvalue weighted by atomic mass is 16.4. The van der Waals surface area contributed by atoms with Gasteiger partial charge in [0, 0.05) is 10.9 Å². The van der Waals surface area contributed by atoms with Crippen molar-refractivity contribution in [2.45, 2.75) is 6.92 Å². The number of furan rings is 1. The first-order valence-corrected chi connectivity index (χ1v) is 6.85. The number of hydrogen-bond acceptors (Lipinski definition) is 3. The number of aryl methyl sites for hydroxylation is 1. The van der Waals surface area contributed by atoms with Crippen molar-refractivity contribution in [3.8, 4) is 11.4 Å². The van der Waals surface area contributed by atoms with Crippen molar-refractivity contribution in [1.82, 2.24) is 9.97 Å². The highest BCUT2D eigenvalue weighted by Crippen LogP contribution is 2.30. The zero-order chi connectivity index (χ0) is 15.3. The van der Waals surface area contributed by atoms with Crippen LogP contribution in [0.1, 0.15) is 16.1 Å². The minimum atomic E-state index is -0.988. The fourth-order valence-corrected chi connectivity index (χ4v) is 2.72. The Morgan fingerprint density at radius 3 is 2.82 bits per heavy atom. The van der Waals surface area contributed by atoms with Crippen LogP contribution in [0.5, 0.6) is 0 Å². The number of aromatic amines is 1. The molecule has 2 aromatic carbocycles. The quantitative estimate of drug-likeness (QED) is 0.585. The molecule has 2 heterocycles. The minimum Gasteiger partial charge on any atom is -0.478 e. The van der Waals surface area contributed by atoms with E-state index >= 15 is 0 Å². The third-order valence-electron chi connectivity index (χ3n) is 3.74. The molecule has 0 fully saturated rings. The standard InChI is InChI=1S/C17H12N2O3/c1-9-15(17(20)21)11-8-10(6-7-14(11)22-9)16-18-12-4-2-3-5-13(12)19-16/h2-8H,1H3,(H,18,19)(H,20,21). The Morgan fingerprint density at radius 1 is 1.23 bits per heavy atom. The molecule has 0 atom stereocenters. The summed E-state index contributed by atoms with van der Waals surface area (Å²) in [4.78, 5) is 19.2. The summed E-state index contributed by atoms with van der Waals surface area (Å²) in [5, 5.41) is 9.93. The number of hydrogen-bond donors (Lipinski definition) is 2. The van der Waals surface area contributed by atoms with Crippen LogP contribution >= 0.6 is 0 Å². The normalized spacial score (nSPS) is 11.3. The molecule has 5 heteroatoms. The zero-order valence-electron chi connectivity index (χ0n) is 11.8. The number of para-hydroxylation sites is 2. The number of carboxylic acids is 1. The molecular formula is C17H12N2O3. The molecule has 0 saturated carbocycles. The third-order valence-corrected chi connectivity index (χ3v) is 3.74. The van der Waals surface area contributed by atoms with Gasteiger partial charge in [0.2, 0.25) is 0 Å². The number of fused-ring (bicyclic) bond motifs is 2. The molecule has 0 bridgehead atoms. The third kappa shape index (κ3) is 1.79. The van der Waals surface area contributed by atoms with Gasteiger partial charge in [0.1, 0.15) is 22.7 Å². The Kier molecular flexibility index (Phi) is 2.56. The van der Waals surface area contributed by atoms with Crippen molar-refractivity contribution in [3.63, 3.8) is 0 Å². The lowest BCUT2D eigenvalue weighted by molar-refractivity contribution is 0.0697. The topological polar surface area (TPSA) is 79.1 Å². The van der Waals surface area contributed by atoms with Crippen molar-refractivity contribution < 1.29 is 14.3 Å². The average molecular weight is 292 g/mol. The molecule has 0 aliphatic carbocycles. The number of imidazole rings is 1. The maximum atomic E-state index is 11.4. The number of carboxylic acid groups (broad SMARTS) is 1. The largest absolute Gasteiger partial charge is 0.478 e. The summed E-state index contributed by atoms with van der Waals surface area (Å²) >= 11 is 0. The van der Waals surface area contributed by atoms with Crippen molar-refractivity contribution in [1.29, 1.82) is 0 Å². The molecule has 22 heavy (non-hydrogen) atoms. The second-order valence-electron chi connectivity index (χ2n) is 5.15. The highest BCUT2D eigenvalue weighted by molar-refractivity contribution is 6.04. The molecule has 0 aliphatic heterocycles. The Labute approximate surface area is 125 Å². The van der Waals surface area contributed by atoms with E-state index in [-0.39, 0.29) is 5.56 Å². The number of benzene rings is 2. The van der Waals surface area contributed by atoms with E-state index in [1.54, 1.807) is 19.1 Å². The first-order valence-electron chi connectivity index (χ1n) is 6.85. The molecule has 0 spiro atoms. The van der Waals surface area contributed by atoms with Gasteiger partial charge in [-0.2, -0.15) is 0 Å². The van der Waals surface area contributed by atoms with Crippen LogP contribution in [0.3, 0.4) is 0 Å². The van der Waals surface area contributed by atoms with E-state index in [9.17, 15) is 9.90 Å². The minimum absolute atomic E-state index is 0.202. The molecule has 4 rings (SSSR count). The summed E-state index contributed by atoms with van der Waals surface area (Å²) in [7, 11) is 0. The number of carbonyl (C=O) groups is 1. The van der Waals surface area contributed by atoms with Gasteiger partial charge in [-0.1, -0.05) is 12.1 Å². The summed E-state index contributed by atoms with van der Waals surface area (Å²) in [5.74, 6) is 0.126. The summed E-state index contributed by atoms with van der Waals surface area (Å²) < 4.78 is 5.50. The first-order chi connectivity index (χ1) is 10.6. The van der Waals surface area contributed by atoms with E-state index in [2.05, 4.69) is 9.97 Å². The molecule has 2 N–H and O–H groups in total. The summed E-state index contributed by atoms with van der Waals surface area (Å²) in [6.07, 6.45) is 0. The second kappa shape index (κ2) is 4.46. The van der Waals surface area contributed by atoms with E-state index in [4.69, 9.17) is 4.42 Å². The maximum Gasteiger partial charge on any atom is 0.339 e.